The molecule has 0 saturated carbocycles. The molecular weight excluding hydrogens is 360 g/mol. The number of carbonyl (C=O) groups is 2. The van der Waals surface area contributed by atoms with Crippen LogP contribution in [0.15, 0.2) is 42.5 Å². The summed E-state index contributed by atoms with van der Waals surface area (Å²) in [6, 6.07) is 12.8. The van der Waals surface area contributed by atoms with Gasteiger partial charge in [-0.2, -0.15) is 0 Å². The Labute approximate surface area is 167 Å². The molecule has 4 nitrogen and oxygen atoms in total. The van der Waals surface area contributed by atoms with Crippen molar-refractivity contribution in [3.63, 3.8) is 0 Å². The molecule has 3 rings (SSSR count). The molecule has 1 unspecified atom stereocenters. The number of rotatable bonds is 4. The van der Waals surface area contributed by atoms with E-state index in [4.69, 9.17) is 5.73 Å². The lowest BCUT2D eigenvalue weighted by molar-refractivity contribution is 0.0772. The van der Waals surface area contributed by atoms with E-state index in [9.17, 15) is 9.59 Å². The lowest BCUT2D eigenvalue weighted by Crippen LogP contribution is -2.35. The fourth-order valence-corrected chi connectivity index (χ4v) is 3.44. The van der Waals surface area contributed by atoms with Gasteiger partial charge in [0.25, 0.3) is 5.91 Å². The smallest absolute Gasteiger partial charge is 0.254 e. The van der Waals surface area contributed by atoms with Gasteiger partial charge in [0, 0.05) is 24.2 Å². The zero-order chi connectivity index (χ0) is 18.9. The van der Waals surface area contributed by atoms with E-state index in [1.165, 1.54) is 0 Å². The number of hydrogen-bond donors (Lipinski definition) is 1. The van der Waals surface area contributed by atoms with Crippen LogP contribution in [0, 0.1) is 19.3 Å². The first-order chi connectivity index (χ1) is 12.3. The number of nitrogens with zero attached hydrogens (tertiary/aromatic N) is 1. The van der Waals surface area contributed by atoms with E-state index in [-0.39, 0.29) is 29.5 Å². The molecule has 0 aliphatic carbocycles. The van der Waals surface area contributed by atoms with Crippen molar-refractivity contribution in [1.82, 2.24) is 4.90 Å². The Bertz CT molecular complexity index is 865. The summed E-state index contributed by atoms with van der Waals surface area (Å²) in [4.78, 5) is 27.9. The van der Waals surface area contributed by atoms with E-state index < -0.39 is 0 Å². The molecule has 2 aromatic rings. The summed E-state index contributed by atoms with van der Waals surface area (Å²) in [5.41, 5.74) is 9.57. The lowest BCUT2D eigenvalue weighted by Gasteiger charge is -2.23. The van der Waals surface area contributed by atoms with Crippen LogP contribution in [0.2, 0.25) is 0 Å². The van der Waals surface area contributed by atoms with Crippen molar-refractivity contribution in [3.8, 4) is 0 Å². The van der Waals surface area contributed by atoms with Crippen molar-refractivity contribution in [2.75, 3.05) is 19.6 Å². The molecule has 0 spiro atoms. The maximum atomic E-state index is 13.1. The van der Waals surface area contributed by atoms with E-state index in [0.29, 0.717) is 36.3 Å². The van der Waals surface area contributed by atoms with Gasteiger partial charge in [-0.15, -0.1) is 12.4 Å². The minimum Gasteiger partial charge on any atom is -0.338 e. The first kappa shape index (κ1) is 21.1. The second-order valence-electron chi connectivity index (χ2n) is 7.67. The number of ketones is 1. The first-order valence-electron chi connectivity index (χ1n) is 9.05. The van der Waals surface area contributed by atoms with Crippen molar-refractivity contribution in [2.45, 2.75) is 27.2 Å². The molecule has 1 atom stereocenters. The van der Waals surface area contributed by atoms with Crippen molar-refractivity contribution >= 4 is 24.1 Å². The third-order valence-electron chi connectivity index (χ3n) is 5.51. The van der Waals surface area contributed by atoms with E-state index in [2.05, 4.69) is 6.92 Å². The molecule has 5 heteroatoms. The van der Waals surface area contributed by atoms with Gasteiger partial charge in [0.05, 0.1) is 5.56 Å². The zero-order valence-electron chi connectivity index (χ0n) is 16.1. The molecule has 27 heavy (non-hydrogen) atoms. The van der Waals surface area contributed by atoms with E-state index in [1.807, 2.05) is 43.0 Å². The molecule has 1 fully saturated rings. The topological polar surface area (TPSA) is 63.4 Å². The number of amides is 1. The summed E-state index contributed by atoms with van der Waals surface area (Å²) in [5.74, 6) is -0.201. The number of nitrogens with two attached hydrogens (primary N) is 1. The molecule has 1 amide bonds. The summed E-state index contributed by atoms with van der Waals surface area (Å²) in [7, 11) is 0. The number of likely N-dealkylation sites (tertiary alicyclic amines) is 1. The van der Waals surface area contributed by atoms with Gasteiger partial charge in [0.2, 0.25) is 0 Å². The van der Waals surface area contributed by atoms with Crippen LogP contribution in [0.4, 0.5) is 0 Å². The molecule has 2 N–H and O–H groups in total. The molecule has 144 valence electrons. The predicted octanol–water partition coefficient (Wildman–Crippen LogP) is 3.77. The monoisotopic (exact) mass is 386 g/mol. The lowest BCUT2D eigenvalue weighted by atomic mass is 9.90. The van der Waals surface area contributed by atoms with Gasteiger partial charge in [-0.05, 0) is 55.5 Å². The normalized spacial score (nSPS) is 18.9. The van der Waals surface area contributed by atoms with Gasteiger partial charge in [0.15, 0.2) is 5.78 Å². The van der Waals surface area contributed by atoms with E-state index >= 15 is 0 Å². The van der Waals surface area contributed by atoms with Crippen LogP contribution in [-0.2, 0) is 0 Å². The maximum absolute atomic E-state index is 13.1. The molecule has 1 saturated heterocycles. The zero-order valence-corrected chi connectivity index (χ0v) is 16.9. The van der Waals surface area contributed by atoms with Gasteiger partial charge in [-0.25, -0.2) is 0 Å². The molecule has 1 aliphatic rings. The highest BCUT2D eigenvalue weighted by atomic mass is 35.5. The summed E-state index contributed by atoms with van der Waals surface area (Å²) >= 11 is 0. The van der Waals surface area contributed by atoms with Crippen molar-refractivity contribution < 1.29 is 9.59 Å². The maximum Gasteiger partial charge on any atom is 0.254 e. The van der Waals surface area contributed by atoms with Crippen LogP contribution in [0.1, 0.15) is 50.8 Å². The Kier molecular flexibility index (Phi) is 6.45. The minimum absolute atomic E-state index is 0. The molecular formula is C22H27ClN2O2. The van der Waals surface area contributed by atoms with Crippen LogP contribution in [0.5, 0.6) is 0 Å². The predicted molar refractivity (Wildman–Crippen MR) is 111 cm³/mol. The highest BCUT2D eigenvalue weighted by Gasteiger charge is 2.36. The molecule has 0 radical (unpaired) electrons. The molecule has 1 heterocycles. The van der Waals surface area contributed by atoms with E-state index in [0.717, 1.165) is 17.5 Å². The molecule has 0 bridgehead atoms. The van der Waals surface area contributed by atoms with Crippen molar-refractivity contribution in [3.05, 3.63) is 70.3 Å². The molecule has 1 aliphatic heterocycles. The Morgan fingerprint density at radius 3 is 2.33 bits per heavy atom. The highest BCUT2D eigenvalue weighted by molar-refractivity contribution is 6.15. The third kappa shape index (κ3) is 4.23. The van der Waals surface area contributed by atoms with Crippen molar-refractivity contribution in [1.29, 1.82) is 0 Å². The Balaban J connectivity index is 0.00000261. The Morgan fingerprint density at radius 2 is 1.74 bits per heavy atom. The average Bonchev–Trinajstić information content (AvgIpc) is 3.06. The van der Waals surface area contributed by atoms with Crippen LogP contribution >= 0.6 is 12.4 Å². The number of hydrogen-bond acceptors (Lipinski definition) is 3. The molecule has 2 aromatic carbocycles. The number of benzene rings is 2. The largest absolute Gasteiger partial charge is 0.338 e. The minimum atomic E-state index is -0.113. The SMILES string of the molecule is Cc1ccc(C(=O)c2ccccc2C(=O)N2CCC(C)(CN)C2)cc1C.Cl. The molecule has 0 aromatic heterocycles. The highest BCUT2D eigenvalue weighted by Crippen LogP contribution is 2.30. The average molecular weight is 387 g/mol. The number of halogens is 1. The van der Waals surface area contributed by atoms with Crippen LogP contribution in [-0.4, -0.2) is 36.2 Å². The second kappa shape index (κ2) is 8.24. The van der Waals surface area contributed by atoms with Gasteiger partial charge >= 0.3 is 0 Å². The van der Waals surface area contributed by atoms with E-state index in [1.54, 1.807) is 18.2 Å². The van der Waals surface area contributed by atoms with Crippen molar-refractivity contribution in [2.24, 2.45) is 11.1 Å². The Hall–Kier alpha value is -2.17. The van der Waals surface area contributed by atoms with Gasteiger partial charge in [-0.1, -0.05) is 37.3 Å². The number of aryl methyl sites for hydroxylation is 2. The fourth-order valence-electron chi connectivity index (χ4n) is 3.44. The summed E-state index contributed by atoms with van der Waals surface area (Å²) in [5, 5.41) is 0. The number of carbonyl (C=O) groups excluding carboxylic acids is 2. The standard InChI is InChI=1S/C22H26N2O2.ClH/c1-15-8-9-17(12-16(15)2)20(25)18-6-4-5-7-19(18)21(26)24-11-10-22(3,13-23)14-24;/h4-9,12H,10-11,13-14,23H2,1-3H3;1H. The van der Waals surface area contributed by atoms with Gasteiger partial charge in [0.1, 0.15) is 0 Å². The van der Waals surface area contributed by atoms with Crippen LogP contribution in [0.25, 0.3) is 0 Å². The third-order valence-corrected chi connectivity index (χ3v) is 5.51. The van der Waals surface area contributed by atoms with Crippen LogP contribution < -0.4 is 5.73 Å². The quantitative estimate of drug-likeness (QED) is 0.813. The summed E-state index contributed by atoms with van der Waals surface area (Å²) in [6.07, 6.45) is 0.891. The fraction of sp³-hybridized carbons (Fsp3) is 0.364. The Morgan fingerprint density at radius 1 is 1.07 bits per heavy atom. The first-order valence-corrected chi connectivity index (χ1v) is 9.05. The van der Waals surface area contributed by atoms with Crippen LogP contribution in [0.3, 0.4) is 0 Å². The summed E-state index contributed by atoms with van der Waals surface area (Å²) < 4.78 is 0. The van der Waals surface area contributed by atoms with Gasteiger partial charge < -0.3 is 10.6 Å². The summed E-state index contributed by atoms with van der Waals surface area (Å²) in [6.45, 7) is 7.98. The second-order valence-corrected chi connectivity index (χ2v) is 7.67. The van der Waals surface area contributed by atoms with Gasteiger partial charge in [-0.3, -0.25) is 9.59 Å².